The second-order valence-electron chi connectivity index (χ2n) is 3.71. The van der Waals surface area contributed by atoms with Crippen molar-refractivity contribution in [1.82, 2.24) is 4.98 Å². The van der Waals surface area contributed by atoms with E-state index in [9.17, 15) is 4.79 Å². The number of H-pyrrole nitrogens is 1. The molecule has 0 bridgehead atoms. The van der Waals surface area contributed by atoms with Gasteiger partial charge in [-0.25, -0.2) is 0 Å². The largest absolute Gasteiger partial charge is 0.483 e. The molecule has 4 nitrogen and oxygen atoms in total. The number of benzene rings is 1. The predicted octanol–water partition coefficient (Wildman–Crippen LogP) is 2.21. The van der Waals surface area contributed by atoms with Crippen LogP contribution in [0.25, 0.3) is 0 Å². The molecule has 0 saturated carbocycles. The van der Waals surface area contributed by atoms with Crippen LogP contribution in [0, 0.1) is 0 Å². The van der Waals surface area contributed by atoms with Gasteiger partial charge in [0, 0.05) is 6.20 Å². The van der Waals surface area contributed by atoms with Crippen molar-refractivity contribution in [3.05, 3.63) is 62.5 Å². The number of hydrogen-bond donors (Lipinski definition) is 2. The number of rotatable bonds is 4. The van der Waals surface area contributed by atoms with E-state index in [1.807, 2.05) is 30.3 Å². The number of halogens is 1. The molecule has 0 radical (unpaired) electrons. The Bertz CT molecular complexity index is 581. The first kappa shape index (κ1) is 12.9. The van der Waals surface area contributed by atoms with E-state index >= 15 is 0 Å². The zero-order chi connectivity index (χ0) is 13.0. The van der Waals surface area contributed by atoms with Gasteiger partial charge in [-0.05, 0) is 21.5 Å². The molecule has 0 atom stereocenters. The Morgan fingerprint density at radius 3 is 2.67 bits per heavy atom. The monoisotopic (exact) mass is 309 g/mol. The van der Waals surface area contributed by atoms with Crippen LogP contribution in [0.5, 0.6) is 5.75 Å². The molecule has 18 heavy (non-hydrogen) atoms. The summed E-state index contributed by atoms with van der Waals surface area (Å²) in [5.41, 5.74) is 1.15. The summed E-state index contributed by atoms with van der Waals surface area (Å²) >= 11 is 3.13. The Morgan fingerprint density at radius 1 is 1.28 bits per heavy atom. The fourth-order valence-electron chi connectivity index (χ4n) is 1.48. The Labute approximate surface area is 112 Å². The summed E-state index contributed by atoms with van der Waals surface area (Å²) in [6.45, 7) is 0.101. The zero-order valence-electron chi connectivity index (χ0n) is 9.52. The number of hydrogen-bond acceptors (Lipinski definition) is 3. The molecule has 2 aromatic rings. The second-order valence-corrected chi connectivity index (χ2v) is 4.50. The molecule has 0 aliphatic rings. The first-order valence-electron chi connectivity index (χ1n) is 5.40. The quantitative estimate of drug-likeness (QED) is 0.910. The Hall–Kier alpha value is -1.59. The van der Waals surface area contributed by atoms with Gasteiger partial charge in [-0.1, -0.05) is 30.3 Å². The van der Waals surface area contributed by atoms with Crippen molar-refractivity contribution >= 4 is 15.9 Å². The lowest BCUT2D eigenvalue weighted by Crippen LogP contribution is -2.12. The van der Waals surface area contributed by atoms with Crippen molar-refractivity contribution in [2.24, 2.45) is 0 Å². The number of ether oxygens (including phenoxy) is 1. The van der Waals surface area contributed by atoms with Gasteiger partial charge in [0.25, 0.3) is 0 Å². The number of nitrogens with one attached hydrogen (secondary N) is 1. The summed E-state index contributed by atoms with van der Waals surface area (Å²) in [5, 5.41) is 9.00. The van der Waals surface area contributed by atoms with Gasteiger partial charge in [-0.15, -0.1) is 0 Å². The lowest BCUT2D eigenvalue weighted by atomic mass is 10.2. The zero-order valence-corrected chi connectivity index (χ0v) is 11.1. The average molecular weight is 310 g/mol. The van der Waals surface area contributed by atoms with Gasteiger partial charge in [0.2, 0.25) is 5.43 Å². The van der Waals surface area contributed by atoms with Crippen molar-refractivity contribution < 1.29 is 9.84 Å². The second kappa shape index (κ2) is 5.84. The first-order valence-corrected chi connectivity index (χ1v) is 6.19. The van der Waals surface area contributed by atoms with Crippen molar-refractivity contribution in [3.8, 4) is 5.75 Å². The molecule has 0 amide bonds. The van der Waals surface area contributed by atoms with E-state index in [1.165, 1.54) is 6.20 Å². The Balaban J connectivity index is 2.16. The number of aromatic amines is 1. The molecule has 1 aromatic heterocycles. The molecule has 2 rings (SSSR count). The van der Waals surface area contributed by atoms with E-state index < -0.39 is 0 Å². The maximum Gasteiger partial charge on any atom is 0.237 e. The highest BCUT2D eigenvalue weighted by molar-refractivity contribution is 9.10. The minimum atomic E-state index is -0.270. The lowest BCUT2D eigenvalue weighted by Gasteiger charge is -2.07. The van der Waals surface area contributed by atoms with Crippen LogP contribution < -0.4 is 10.2 Å². The van der Waals surface area contributed by atoms with E-state index in [1.54, 1.807) is 0 Å². The number of pyridine rings is 1. The molecule has 2 N–H and O–H groups in total. The van der Waals surface area contributed by atoms with E-state index in [-0.39, 0.29) is 17.8 Å². The van der Waals surface area contributed by atoms with E-state index in [2.05, 4.69) is 20.9 Å². The van der Waals surface area contributed by atoms with Gasteiger partial charge in [-0.3, -0.25) is 4.79 Å². The highest BCUT2D eigenvalue weighted by Gasteiger charge is 2.09. The summed E-state index contributed by atoms with van der Waals surface area (Å²) in [5.74, 6) is 0.225. The van der Waals surface area contributed by atoms with E-state index in [4.69, 9.17) is 9.84 Å². The standard InChI is InChI=1S/C13H12BrNO3/c14-12-10(7-16)15-6-11(13(12)17)18-8-9-4-2-1-3-5-9/h1-6,16H,7-8H2,(H,15,17). The first-order chi connectivity index (χ1) is 8.72. The molecule has 0 fully saturated rings. The minimum absolute atomic E-state index is 0.225. The van der Waals surface area contributed by atoms with Crippen LogP contribution in [0.2, 0.25) is 0 Å². The maximum absolute atomic E-state index is 11.9. The Morgan fingerprint density at radius 2 is 2.00 bits per heavy atom. The van der Waals surface area contributed by atoms with Gasteiger partial charge in [0.15, 0.2) is 5.75 Å². The minimum Gasteiger partial charge on any atom is -0.483 e. The summed E-state index contributed by atoms with van der Waals surface area (Å²) in [7, 11) is 0. The summed E-state index contributed by atoms with van der Waals surface area (Å²) in [6, 6.07) is 9.58. The summed E-state index contributed by atoms with van der Waals surface area (Å²) < 4.78 is 5.75. The fraction of sp³-hybridized carbons (Fsp3) is 0.154. The molecule has 1 heterocycles. The molecule has 0 saturated heterocycles. The van der Waals surface area contributed by atoms with Gasteiger partial charge in [0.05, 0.1) is 16.8 Å². The molecule has 0 unspecified atom stereocenters. The molecule has 94 valence electrons. The Kier molecular flexibility index (Phi) is 4.17. The van der Waals surface area contributed by atoms with Crippen molar-refractivity contribution in [2.75, 3.05) is 0 Å². The van der Waals surface area contributed by atoms with Crippen LogP contribution >= 0.6 is 15.9 Å². The molecule has 1 aromatic carbocycles. The van der Waals surface area contributed by atoms with E-state index in [0.29, 0.717) is 16.8 Å². The van der Waals surface area contributed by atoms with Crippen molar-refractivity contribution in [1.29, 1.82) is 0 Å². The van der Waals surface area contributed by atoms with Crippen LogP contribution in [0.4, 0.5) is 0 Å². The van der Waals surface area contributed by atoms with E-state index in [0.717, 1.165) is 5.56 Å². The number of aromatic nitrogens is 1. The summed E-state index contributed by atoms with van der Waals surface area (Å²) in [4.78, 5) is 14.7. The molecule has 5 heteroatoms. The third-order valence-corrected chi connectivity index (χ3v) is 3.30. The fourth-order valence-corrected chi connectivity index (χ4v) is 1.92. The maximum atomic E-state index is 11.9. The van der Waals surface area contributed by atoms with Crippen molar-refractivity contribution in [3.63, 3.8) is 0 Å². The van der Waals surface area contributed by atoms with Crippen LogP contribution in [0.3, 0.4) is 0 Å². The average Bonchev–Trinajstić information content (AvgIpc) is 2.42. The smallest absolute Gasteiger partial charge is 0.237 e. The highest BCUT2D eigenvalue weighted by Crippen LogP contribution is 2.14. The predicted molar refractivity (Wildman–Crippen MR) is 71.5 cm³/mol. The topological polar surface area (TPSA) is 62.3 Å². The molecule has 0 spiro atoms. The van der Waals surface area contributed by atoms with Crippen LogP contribution in [0.1, 0.15) is 11.3 Å². The van der Waals surface area contributed by atoms with Gasteiger partial charge < -0.3 is 14.8 Å². The van der Waals surface area contributed by atoms with Gasteiger partial charge in [-0.2, -0.15) is 0 Å². The SMILES string of the molecule is O=c1c(OCc2ccccc2)c[nH]c(CO)c1Br. The highest BCUT2D eigenvalue weighted by atomic mass is 79.9. The van der Waals surface area contributed by atoms with Gasteiger partial charge in [0.1, 0.15) is 6.61 Å². The molecular weight excluding hydrogens is 298 g/mol. The third kappa shape index (κ3) is 2.80. The van der Waals surface area contributed by atoms with Gasteiger partial charge >= 0.3 is 0 Å². The summed E-state index contributed by atoms with van der Waals surface area (Å²) in [6.07, 6.45) is 1.46. The lowest BCUT2D eigenvalue weighted by molar-refractivity contribution is 0.273. The number of aliphatic hydroxyl groups excluding tert-OH is 1. The molecule has 0 aliphatic carbocycles. The van der Waals surface area contributed by atoms with Crippen LogP contribution in [-0.4, -0.2) is 10.1 Å². The third-order valence-electron chi connectivity index (χ3n) is 2.46. The molecular formula is C13H12BrNO3. The van der Waals surface area contributed by atoms with Crippen LogP contribution in [0.15, 0.2) is 45.8 Å². The number of aliphatic hydroxyl groups is 1. The van der Waals surface area contributed by atoms with Crippen LogP contribution in [-0.2, 0) is 13.2 Å². The van der Waals surface area contributed by atoms with Crippen molar-refractivity contribution in [2.45, 2.75) is 13.2 Å². The molecule has 0 aliphatic heterocycles. The normalized spacial score (nSPS) is 10.3.